The lowest BCUT2D eigenvalue weighted by Gasteiger charge is -2.26. The maximum Gasteiger partial charge on any atom is 0.271 e. The lowest BCUT2D eigenvalue weighted by molar-refractivity contribution is -0.122. The first kappa shape index (κ1) is 21.2. The number of amides is 2. The summed E-state index contributed by atoms with van der Waals surface area (Å²) >= 11 is 0. The minimum atomic E-state index is -1.17. The fourth-order valence-electron chi connectivity index (χ4n) is 3.91. The zero-order valence-electron chi connectivity index (χ0n) is 17.3. The molecule has 1 aromatic heterocycles. The van der Waals surface area contributed by atoms with E-state index in [2.05, 4.69) is 0 Å². The molecule has 0 fully saturated rings. The predicted octanol–water partition coefficient (Wildman–Crippen LogP) is 4.27. The van der Waals surface area contributed by atoms with E-state index in [1.54, 1.807) is 28.8 Å². The number of hydrogen-bond donors (Lipinski definition) is 1. The molecule has 32 heavy (non-hydrogen) atoms. The number of halogens is 2. The van der Waals surface area contributed by atoms with E-state index in [0.717, 1.165) is 10.9 Å². The van der Waals surface area contributed by atoms with Crippen molar-refractivity contribution in [3.63, 3.8) is 0 Å². The Morgan fingerprint density at radius 2 is 1.69 bits per heavy atom. The van der Waals surface area contributed by atoms with E-state index in [9.17, 15) is 18.4 Å². The number of fused-ring (bicyclic) bond motifs is 1. The number of likely N-dealkylation sites (N-methyl/N-ethyl adjacent to an activating group) is 1. The average molecular weight is 433 g/mol. The molecule has 0 aliphatic carbocycles. The number of para-hydroxylation sites is 1. The van der Waals surface area contributed by atoms with Gasteiger partial charge in [-0.15, -0.1) is 0 Å². The number of nitrogens with two attached hydrogens (primary N) is 1. The topological polar surface area (TPSA) is 68.3 Å². The van der Waals surface area contributed by atoms with Gasteiger partial charge in [-0.2, -0.15) is 0 Å². The van der Waals surface area contributed by atoms with Crippen molar-refractivity contribution in [1.82, 2.24) is 9.47 Å². The number of carbonyl (C=O) groups excluding carboxylic acids is 2. The Kier molecular flexibility index (Phi) is 5.73. The molecule has 0 aliphatic rings. The van der Waals surface area contributed by atoms with Crippen molar-refractivity contribution >= 4 is 22.7 Å². The van der Waals surface area contributed by atoms with E-state index in [4.69, 9.17) is 5.73 Å². The molecule has 0 saturated heterocycles. The molecule has 4 rings (SSSR count). The maximum atomic E-state index is 14.4. The van der Waals surface area contributed by atoms with Crippen LogP contribution >= 0.6 is 0 Å². The minimum absolute atomic E-state index is 0.121. The first-order chi connectivity index (χ1) is 15.4. The van der Waals surface area contributed by atoms with Crippen molar-refractivity contribution in [2.24, 2.45) is 5.73 Å². The fourth-order valence-corrected chi connectivity index (χ4v) is 3.91. The van der Waals surface area contributed by atoms with Crippen molar-refractivity contribution in [2.75, 3.05) is 7.05 Å². The van der Waals surface area contributed by atoms with E-state index in [0.29, 0.717) is 5.56 Å². The number of benzene rings is 3. The molecule has 2 amide bonds. The van der Waals surface area contributed by atoms with Gasteiger partial charge in [-0.3, -0.25) is 9.59 Å². The monoisotopic (exact) mass is 433 g/mol. The van der Waals surface area contributed by atoms with E-state index in [1.165, 1.54) is 42.3 Å². The number of carbonyl (C=O) groups is 2. The zero-order chi connectivity index (χ0) is 22.8. The van der Waals surface area contributed by atoms with Crippen LogP contribution in [0.5, 0.6) is 0 Å². The molecule has 2 N–H and O–H groups in total. The highest BCUT2D eigenvalue weighted by atomic mass is 19.1. The van der Waals surface area contributed by atoms with Gasteiger partial charge >= 0.3 is 0 Å². The molecule has 0 saturated carbocycles. The summed E-state index contributed by atoms with van der Waals surface area (Å²) < 4.78 is 29.8. The van der Waals surface area contributed by atoms with Crippen molar-refractivity contribution in [1.29, 1.82) is 0 Å². The van der Waals surface area contributed by atoms with Gasteiger partial charge in [-0.25, -0.2) is 8.78 Å². The van der Waals surface area contributed by atoms with Gasteiger partial charge in [-0.05, 0) is 35.9 Å². The fraction of sp³-hybridized carbons (Fsp3) is 0.120. The van der Waals surface area contributed by atoms with Crippen LogP contribution in [0.3, 0.4) is 0 Å². The highest BCUT2D eigenvalue weighted by molar-refractivity contribution is 6.00. The molecule has 4 aromatic rings. The Labute approximate surface area is 183 Å². The highest BCUT2D eigenvalue weighted by Crippen LogP contribution is 2.27. The summed E-state index contributed by atoms with van der Waals surface area (Å²) in [5, 5.41) is 0.793. The van der Waals surface area contributed by atoms with Gasteiger partial charge in [0.15, 0.2) is 0 Å². The van der Waals surface area contributed by atoms with Crippen LogP contribution in [0.2, 0.25) is 0 Å². The quantitative estimate of drug-likeness (QED) is 0.494. The largest absolute Gasteiger partial charge is 0.368 e. The number of rotatable bonds is 6. The van der Waals surface area contributed by atoms with Crippen LogP contribution in [-0.2, 0) is 11.3 Å². The summed E-state index contributed by atoms with van der Waals surface area (Å²) in [7, 11) is 1.44. The second kappa shape index (κ2) is 8.63. The van der Waals surface area contributed by atoms with Crippen LogP contribution in [0.15, 0.2) is 78.9 Å². The number of aromatic nitrogens is 1. The molecule has 0 aliphatic heterocycles. The summed E-state index contributed by atoms with van der Waals surface area (Å²) in [6.45, 7) is 0.121. The molecular weight excluding hydrogens is 412 g/mol. The van der Waals surface area contributed by atoms with Crippen LogP contribution in [0, 0.1) is 11.6 Å². The maximum absolute atomic E-state index is 14.4. The van der Waals surface area contributed by atoms with Crippen LogP contribution in [0.1, 0.15) is 27.7 Å². The normalized spacial score (nSPS) is 12.0. The van der Waals surface area contributed by atoms with Gasteiger partial charge in [0.2, 0.25) is 5.91 Å². The first-order valence-electron chi connectivity index (χ1n) is 10.0. The standard InChI is InChI=1S/C25H21F2N3O2/c1-29(23(24(28)31)17-9-6-10-19(26)13-17)25(32)22-14-16-7-3-5-12-21(16)30(22)15-18-8-2-4-11-20(18)27/h2-14,23H,15H2,1H3,(H2,28,31). The first-order valence-corrected chi connectivity index (χ1v) is 10.0. The van der Waals surface area contributed by atoms with E-state index >= 15 is 0 Å². The lowest BCUT2D eigenvalue weighted by atomic mass is 10.0. The molecule has 1 heterocycles. The third-order valence-electron chi connectivity index (χ3n) is 5.46. The van der Waals surface area contributed by atoms with E-state index < -0.39 is 23.7 Å². The van der Waals surface area contributed by atoms with Gasteiger partial charge in [0, 0.05) is 23.5 Å². The van der Waals surface area contributed by atoms with Gasteiger partial charge in [0.05, 0.1) is 6.54 Å². The van der Waals surface area contributed by atoms with Crippen LogP contribution < -0.4 is 5.73 Å². The summed E-state index contributed by atoms with van der Waals surface area (Å²) in [5.41, 5.74) is 7.28. The Balaban J connectivity index is 1.79. The molecule has 3 aromatic carbocycles. The molecule has 1 unspecified atom stereocenters. The number of nitrogens with zero attached hydrogens (tertiary/aromatic N) is 2. The van der Waals surface area contributed by atoms with Gasteiger partial charge in [0.1, 0.15) is 23.4 Å². The van der Waals surface area contributed by atoms with Crippen molar-refractivity contribution in [2.45, 2.75) is 12.6 Å². The molecule has 1 atom stereocenters. The van der Waals surface area contributed by atoms with Crippen LogP contribution in [-0.4, -0.2) is 28.3 Å². The second-order valence-electron chi connectivity index (χ2n) is 7.54. The predicted molar refractivity (Wildman–Crippen MR) is 118 cm³/mol. The van der Waals surface area contributed by atoms with Crippen molar-refractivity contribution < 1.29 is 18.4 Å². The third-order valence-corrected chi connectivity index (χ3v) is 5.46. The molecule has 0 spiro atoms. The molecule has 7 heteroatoms. The molecule has 0 bridgehead atoms. The minimum Gasteiger partial charge on any atom is -0.368 e. The van der Waals surface area contributed by atoms with Gasteiger partial charge in [0.25, 0.3) is 5.91 Å². The molecule has 0 radical (unpaired) electrons. The van der Waals surface area contributed by atoms with E-state index in [-0.39, 0.29) is 23.6 Å². The van der Waals surface area contributed by atoms with Crippen molar-refractivity contribution in [3.05, 3.63) is 107 Å². The molecule has 5 nitrogen and oxygen atoms in total. The number of primary amides is 1. The summed E-state index contributed by atoms with van der Waals surface area (Å²) in [6.07, 6.45) is 0. The average Bonchev–Trinajstić information content (AvgIpc) is 3.13. The Morgan fingerprint density at radius 3 is 2.41 bits per heavy atom. The number of hydrogen-bond acceptors (Lipinski definition) is 2. The lowest BCUT2D eigenvalue weighted by Crippen LogP contribution is -2.40. The molecule has 162 valence electrons. The second-order valence-corrected chi connectivity index (χ2v) is 7.54. The van der Waals surface area contributed by atoms with Crippen LogP contribution in [0.25, 0.3) is 10.9 Å². The third kappa shape index (κ3) is 3.97. The van der Waals surface area contributed by atoms with Crippen molar-refractivity contribution in [3.8, 4) is 0 Å². The van der Waals surface area contributed by atoms with E-state index in [1.807, 2.05) is 24.3 Å². The zero-order valence-corrected chi connectivity index (χ0v) is 17.3. The Hall–Kier alpha value is -4.00. The smallest absolute Gasteiger partial charge is 0.271 e. The Bertz CT molecular complexity index is 1320. The summed E-state index contributed by atoms with van der Waals surface area (Å²) in [4.78, 5) is 26.9. The van der Waals surface area contributed by atoms with Gasteiger partial charge in [-0.1, -0.05) is 48.5 Å². The van der Waals surface area contributed by atoms with Gasteiger partial charge < -0.3 is 15.2 Å². The van der Waals surface area contributed by atoms with Crippen LogP contribution in [0.4, 0.5) is 8.78 Å². The highest BCUT2D eigenvalue weighted by Gasteiger charge is 2.30. The summed E-state index contributed by atoms with van der Waals surface area (Å²) in [6, 6.07) is 19.6. The Morgan fingerprint density at radius 1 is 0.969 bits per heavy atom. The summed E-state index contributed by atoms with van der Waals surface area (Å²) in [5.74, 6) is -2.20. The molecular formula is C25H21F2N3O2. The SMILES string of the molecule is CN(C(=O)c1cc2ccccc2n1Cc1ccccc1F)C(C(N)=O)c1cccc(F)c1.